The normalized spacial score (nSPS) is 10.4. The van der Waals surface area contributed by atoms with Crippen LogP contribution in [0.5, 0.6) is 0 Å². The van der Waals surface area contributed by atoms with E-state index in [1.165, 1.54) is 0 Å². The highest BCUT2D eigenvalue weighted by Gasteiger charge is 2.07. The van der Waals surface area contributed by atoms with Crippen LogP contribution < -0.4 is 0 Å². The number of aromatic nitrogens is 4. The third-order valence-electron chi connectivity index (χ3n) is 1.75. The minimum atomic E-state index is -0.482. The first-order valence-electron chi connectivity index (χ1n) is 3.92. The van der Waals surface area contributed by atoms with E-state index in [0.29, 0.717) is 5.82 Å². The number of rotatable bonds is 2. The van der Waals surface area contributed by atoms with E-state index in [-0.39, 0.29) is 12.0 Å². The van der Waals surface area contributed by atoms with Gasteiger partial charge in [0.2, 0.25) is 0 Å². The number of aromatic amines is 1. The third-order valence-corrected chi connectivity index (χ3v) is 1.75. The Hall–Kier alpha value is -1.85. The van der Waals surface area contributed by atoms with Crippen LogP contribution in [0.25, 0.3) is 0 Å². The lowest BCUT2D eigenvalue weighted by molar-refractivity contribution is 0.587. The second-order valence-electron chi connectivity index (χ2n) is 2.74. The van der Waals surface area contributed by atoms with Crippen LogP contribution in [-0.4, -0.2) is 20.6 Å². The molecule has 1 aromatic heterocycles. The molecule has 0 aliphatic heterocycles. The number of tetrazole rings is 1. The van der Waals surface area contributed by atoms with Crippen molar-refractivity contribution < 1.29 is 8.78 Å². The van der Waals surface area contributed by atoms with Crippen molar-refractivity contribution in [3.8, 4) is 0 Å². The number of hydrogen-bond acceptors (Lipinski definition) is 3. The molecule has 4 nitrogen and oxygen atoms in total. The Bertz CT molecular complexity index is 427. The highest BCUT2D eigenvalue weighted by atomic mass is 19.1. The molecule has 1 aromatic carbocycles. The zero-order chi connectivity index (χ0) is 9.97. The van der Waals surface area contributed by atoms with Crippen LogP contribution in [0.3, 0.4) is 0 Å². The smallest absolute Gasteiger partial charge is 0.179 e. The molecule has 6 heteroatoms. The Labute approximate surface area is 78.0 Å². The standard InChI is InChI=1S/C8H6F2N4/c9-6-1-2-7(10)5(3-6)4-8-11-13-14-12-8/h1-3H,4H2,(H,11,12,13,14). The van der Waals surface area contributed by atoms with Gasteiger partial charge in [0.05, 0.1) is 0 Å². The van der Waals surface area contributed by atoms with Crippen LogP contribution in [0.4, 0.5) is 8.78 Å². The van der Waals surface area contributed by atoms with E-state index in [0.717, 1.165) is 18.2 Å². The fraction of sp³-hybridized carbons (Fsp3) is 0.125. The van der Waals surface area contributed by atoms with Crippen molar-refractivity contribution >= 4 is 0 Å². The minimum Gasteiger partial charge on any atom is -0.207 e. The molecule has 0 aliphatic rings. The molecule has 0 amide bonds. The molecule has 0 aliphatic carbocycles. The van der Waals surface area contributed by atoms with E-state index >= 15 is 0 Å². The molecule has 1 heterocycles. The van der Waals surface area contributed by atoms with Crippen molar-refractivity contribution in [3.05, 3.63) is 41.2 Å². The molecule has 0 radical (unpaired) electrons. The molecule has 0 saturated heterocycles. The van der Waals surface area contributed by atoms with Gasteiger partial charge in [-0.25, -0.2) is 8.78 Å². The van der Waals surface area contributed by atoms with Gasteiger partial charge in [0.15, 0.2) is 5.82 Å². The first-order chi connectivity index (χ1) is 6.75. The number of nitrogens with zero attached hydrogens (tertiary/aromatic N) is 3. The van der Waals surface area contributed by atoms with E-state index in [9.17, 15) is 8.78 Å². The van der Waals surface area contributed by atoms with Crippen LogP contribution in [0.15, 0.2) is 18.2 Å². The van der Waals surface area contributed by atoms with E-state index in [1.54, 1.807) is 0 Å². The van der Waals surface area contributed by atoms with Gasteiger partial charge in [-0.15, -0.1) is 10.2 Å². The van der Waals surface area contributed by atoms with Crippen LogP contribution in [-0.2, 0) is 6.42 Å². The molecule has 0 saturated carbocycles. The molecular weight excluding hydrogens is 190 g/mol. The molecule has 0 spiro atoms. The van der Waals surface area contributed by atoms with Crippen LogP contribution in [0.2, 0.25) is 0 Å². The fourth-order valence-corrected chi connectivity index (χ4v) is 1.11. The SMILES string of the molecule is Fc1ccc(F)c(Cc2nn[nH]n2)c1. The van der Waals surface area contributed by atoms with E-state index in [1.807, 2.05) is 0 Å². The van der Waals surface area contributed by atoms with Crippen LogP contribution >= 0.6 is 0 Å². The van der Waals surface area contributed by atoms with Gasteiger partial charge in [0, 0.05) is 6.42 Å². The third kappa shape index (κ3) is 1.73. The topological polar surface area (TPSA) is 54.5 Å². The molecular formula is C8H6F2N4. The van der Waals surface area contributed by atoms with Gasteiger partial charge in [0.1, 0.15) is 11.6 Å². The summed E-state index contributed by atoms with van der Waals surface area (Å²) in [4.78, 5) is 0. The lowest BCUT2D eigenvalue weighted by atomic mass is 10.1. The number of hydrogen-bond donors (Lipinski definition) is 1. The largest absolute Gasteiger partial charge is 0.207 e. The first-order valence-corrected chi connectivity index (χ1v) is 3.92. The second kappa shape index (κ2) is 3.49. The van der Waals surface area contributed by atoms with Crippen molar-refractivity contribution in [1.82, 2.24) is 20.6 Å². The predicted octanol–water partition coefficient (Wildman–Crippen LogP) is 1.07. The van der Waals surface area contributed by atoms with Gasteiger partial charge in [-0.2, -0.15) is 5.21 Å². The molecule has 14 heavy (non-hydrogen) atoms. The Kier molecular flexibility index (Phi) is 2.18. The van der Waals surface area contributed by atoms with Crippen molar-refractivity contribution in [2.45, 2.75) is 6.42 Å². The maximum atomic E-state index is 13.1. The molecule has 1 N–H and O–H groups in total. The predicted molar refractivity (Wildman–Crippen MR) is 43.3 cm³/mol. The van der Waals surface area contributed by atoms with Gasteiger partial charge in [-0.05, 0) is 23.8 Å². The zero-order valence-electron chi connectivity index (χ0n) is 7.04. The summed E-state index contributed by atoms with van der Waals surface area (Å²) in [5.41, 5.74) is 0.214. The summed E-state index contributed by atoms with van der Waals surface area (Å²) >= 11 is 0. The molecule has 0 unspecified atom stereocenters. The number of nitrogens with one attached hydrogen (secondary N) is 1. The highest BCUT2D eigenvalue weighted by Crippen LogP contribution is 2.11. The van der Waals surface area contributed by atoms with Crippen LogP contribution in [0, 0.1) is 11.6 Å². The van der Waals surface area contributed by atoms with Gasteiger partial charge in [-0.3, -0.25) is 0 Å². The monoisotopic (exact) mass is 196 g/mol. The molecule has 0 bridgehead atoms. The maximum absolute atomic E-state index is 13.1. The number of halogens is 2. The first kappa shape index (κ1) is 8.74. The number of benzene rings is 1. The number of H-pyrrole nitrogens is 1. The molecule has 0 fully saturated rings. The Morgan fingerprint density at radius 2 is 2.14 bits per heavy atom. The van der Waals surface area contributed by atoms with Crippen molar-refractivity contribution in [3.63, 3.8) is 0 Å². The summed E-state index contributed by atoms with van der Waals surface area (Å²) in [5.74, 6) is -0.629. The molecule has 2 rings (SSSR count). The summed E-state index contributed by atoms with van der Waals surface area (Å²) in [6.07, 6.45) is 0.125. The average molecular weight is 196 g/mol. The Balaban J connectivity index is 2.28. The van der Waals surface area contributed by atoms with Gasteiger partial charge in [-0.1, -0.05) is 5.21 Å². The summed E-state index contributed by atoms with van der Waals surface area (Å²) < 4.78 is 25.9. The van der Waals surface area contributed by atoms with E-state index in [4.69, 9.17) is 0 Å². The van der Waals surface area contributed by atoms with Crippen molar-refractivity contribution in [1.29, 1.82) is 0 Å². The average Bonchev–Trinajstić information content (AvgIpc) is 2.64. The summed E-state index contributed by atoms with van der Waals surface area (Å²) in [6.45, 7) is 0. The lowest BCUT2D eigenvalue weighted by Gasteiger charge is -1.98. The van der Waals surface area contributed by atoms with Gasteiger partial charge in [0.25, 0.3) is 0 Å². The summed E-state index contributed by atoms with van der Waals surface area (Å²) in [7, 11) is 0. The van der Waals surface area contributed by atoms with Gasteiger partial charge < -0.3 is 0 Å². The van der Waals surface area contributed by atoms with Crippen molar-refractivity contribution in [2.75, 3.05) is 0 Å². The van der Waals surface area contributed by atoms with E-state index in [2.05, 4.69) is 20.6 Å². The summed E-state index contributed by atoms with van der Waals surface area (Å²) in [5, 5.41) is 12.8. The fourth-order valence-electron chi connectivity index (χ4n) is 1.11. The van der Waals surface area contributed by atoms with Crippen LogP contribution in [0.1, 0.15) is 11.4 Å². The summed E-state index contributed by atoms with van der Waals surface area (Å²) in [6, 6.07) is 3.26. The molecule has 72 valence electrons. The van der Waals surface area contributed by atoms with Gasteiger partial charge >= 0.3 is 0 Å². The minimum absolute atomic E-state index is 0.125. The molecule has 2 aromatic rings. The zero-order valence-corrected chi connectivity index (χ0v) is 7.04. The second-order valence-corrected chi connectivity index (χ2v) is 2.74. The van der Waals surface area contributed by atoms with E-state index < -0.39 is 11.6 Å². The quantitative estimate of drug-likeness (QED) is 0.781. The Morgan fingerprint density at radius 3 is 2.86 bits per heavy atom. The van der Waals surface area contributed by atoms with Crippen molar-refractivity contribution in [2.24, 2.45) is 0 Å². The highest BCUT2D eigenvalue weighted by molar-refractivity contribution is 5.21. The Morgan fingerprint density at radius 1 is 1.29 bits per heavy atom. The molecule has 0 atom stereocenters. The maximum Gasteiger partial charge on any atom is 0.179 e. The lowest BCUT2D eigenvalue weighted by Crippen LogP contribution is -1.95.